The van der Waals surface area contributed by atoms with Gasteiger partial charge in [-0.3, -0.25) is 0 Å². The average molecular weight is 573 g/mol. The monoisotopic (exact) mass is 572 g/mol. The van der Waals surface area contributed by atoms with E-state index in [1.54, 1.807) is 0 Å². The Kier molecular flexibility index (Phi) is 9.30. The molecule has 2 heteroatoms. The molecule has 43 heavy (non-hydrogen) atoms. The number of hydrogen-bond donors (Lipinski definition) is 2. The van der Waals surface area contributed by atoms with Gasteiger partial charge in [-0.05, 0) is 96.1 Å². The van der Waals surface area contributed by atoms with Crippen LogP contribution < -0.4 is 5.73 Å². The molecule has 0 unspecified atom stereocenters. The molecule has 3 aromatic carbocycles. The minimum atomic E-state index is 0.124. The van der Waals surface area contributed by atoms with Crippen molar-refractivity contribution in [3.8, 4) is 0 Å². The van der Waals surface area contributed by atoms with Gasteiger partial charge in [-0.1, -0.05) is 121 Å². The van der Waals surface area contributed by atoms with Crippen LogP contribution in [0.1, 0.15) is 110 Å². The molecule has 226 valence electrons. The first-order valence-corrected chi connectivity index (χ1v) is 15.8. The van der Waals surface area contributed by atoms with Crippen LogP contribution in [0.2, 0.25) is 0 Å². The Morgan fingerprint density at radius 2 is 1.35 bits per heavy atom. The summed E-state index contributed by atoms with van der Waals surface area (Å²) in [5.41, 5.74) is 21.5. The van der Waals surface area contributed by atoms with E-state index >= 15 is 0 Å². The van der Waals surface area contributed by atoms with Crippen molar-refractivity contribution in [2.75, 3.05) is 5.73 Å². The lowest BCUT2D eigenvalue weighted by atomic mass is 9.86. The Morgan fingerprint density at radius 3 is 1.98 bits per heavy atom. The quantitative estimate of drug-likeness (QED) is 0.168. The first kappa shape index (κ1) is 32.1. The molecule has 0 aliphatic heterocycles. The number of allylic oxidation sites excluding steroid dienone is 8. The number of H-pyrrole nitrogens is 1. The Morgan fingerprint density at radius 1 is 0.744 bits per heavy atom. The number of nitrogen functional groups attached to an aromatic ring is 1. The van der Waals surface area contributed by atoms with Crippen LogP contribution in [0.25, 0.3) is 38.5 Å². The maximum Gasteiger partial charge on any atom is 0.0470 e. The van der Waals surface area contributed by atoms with Crippen LogP contribution in [0.3, 0.4) is 0 Å². The fraction of sp³-hybridized carbons (Fsp3) is 0.366. The van der Waals surface area contributed by atoms with Gasteiger partial charge in [0.25, 0.3) is 0 Å². The predicted octanol–water partition coefficient (Wildman–Crippen LogP) is 12.2. The highest BCUT2D eigenvalue weighted by Crippen LogP contribution is 2.35. The van der Waals surface area contributed by atoms with Crippen LogP contribution in [-0.2, 0) is 5.41 Å². The lowest BCUT2D eigenvalue weighted by molar-refractivity contribution is 0.504. The molecule has 4 rings (SSSR count). The summed E-state index contributed by atoms with van der Waals surface area (Å²) in [6.45, 7) is 24.5. The SMILES string of the molecule is CCC/C(=C\C=C(/C)c1ccc2c(c1)[nH]c1cc(C(C)(C)C)ccc12)c1ccc(/C(C)=C/C=C(\C)C(C)(C)C)c(C)c1N. The van der Waals surface area contributed by atoms with Crippen molar-refractivity contribution in [3.05, 3.63) is 106 Å². The van der Waals surface area contributed by atoms with Crippen molar-refractivity contribution in [1.29, 1.82) is 0 Å². The van der Waals surface area contributed by atoms with Gasteiger partial charge in [0.2, 0.25) is 0 Å². The maximum absolute atomic E-state index is 6.82. The molecule has 0 aliphatic rings. The molecule has 2 nitrogen and oxygen atoms in total. The fourth-order valence-electron chi connectivity index (χ4n) is 5.55. The molecule has 0 saturated carbocycles. The molecular weight excluding hydrogens is 520 g/mol. The Labute approximate surface area is 260 Å². The van der Waals surface area contributed by atoms with Gasteiger partial charge in [0.15, 0.2) is 0 Å². The number of aromatic nitrogens is 1. The van der Waals surface area contributed by atoms with E-state index in [1.165, 1.54) is 60.8 Å². The zero-order chi connectivity index (χ0) is 31.7. The van der Waals surface area contributed by atoms with Crippen LogP contribution in [0.4, 0.5) is 5.69 Å². The van der Waals surface area contributed by atoms with E-state index in [1.807, 2.05) is 0 Å². The van der Waals surface area contributed by atoms with Crippen molar-refractivity contribution < 1.29 is 0 Å². The number of benzene rings is 3. The summed E-state index contributed by atoms with van der Waals surface area (Å²) < 4.78 is 0. The Balaban J connectivity index is 1.67. The van der Waals surface area contributed by atoms with Crippen LogP contribution in [0.5, 0.6) is 0 Å². The summed E-state index contributed by atoms with van der Waals surface area (Å²) in [5.74, 6) is 0. The van der Waals surface area contributed by atoms with E-state index in [2.05, 4.69) is 154 Å². The van der Waals surface area contributed by atoms with Gasteiger partial charge in [-0.15, -0.1) is 0 Å². The van der Waals surface area contributed by atoms with Gasteiger partial charge >= 0.3 is 0 Å². The van der Waals surface area contributed by atoms with Crippen molar-refractivity contribution in [3.63, 3.8) is 0 Å². The van der Waals surface area contributed by atoms with E-state index in [4.69, 9.17) is 5.73 Å². The summed E-state index contributed by atoms with van der Waals surface area (Å²) >= 11 is 0. The number of rotatable bonds is 7. The normalized spacial score (nSPS) is 14.3. The van der Waals surface area contributed by atoms with Gasteiger partial charge < -0.3 is 10.7 Å². The van der Waals surface area contributed by atoms with Crippen LogP contribution >= 0.6 is 0 Å². The predicted molar refractivity (Wildman–Crippen MR) is 193 cm³/mol. The number of nitrogens with one attached hydrogen (secondary N) is 1. The van der Waals surface area contributed by atoms with Gasteiger partial charge in [0, 0.05) is 33.1 Å². The fourth-order valence-corrected chi connectivity index (χ4v) is 5.55. The van der Waals surface area contributed by atoms with E-state index in [-0.39, 0.29) is 10.8 Å². The van der Waals surface area contributed by atoms with Crippen LogP contribution in [0, 0.1) is 12.3 Å². The lowest BCUT2D eigenvalue weighted by Gasteiger charge is -2.19. The smallest absolute Gasteiger partial charge is 0.0470 e. The zero-order valence-corrected chi connectivity index (χ0v) is 28.4. The largest absolute Gasteiger partial charge is 0.398 e. The van der Waals surface area contributed by atoms with Crippen molar-refractivity contribution in [1.82, 2.24) is 4.98 Å². The molecule has 0 spiro atoms. The first-order valence-electron chi connectivity index (χ1n) is 15.8. The third-order valence-corrected chi connectivity index (χ3v) is 9.03. The number of aromatic amines is 1. The van der Waals surface area contributed by atoms with Gasteiger partial charge in [-0.25, -0.2) is 0 Å². The molecule has 0 aliphatic carbocycles. The third-order valence-electron chi connectivity index (χ3n) is 9.03. The Hall–Kier alpha value is -3.78. The molecule has 0 atom stereocenters. The number of fused-ring (bicyclic) bond motifs is 3. The van der Waals surface area contributed by atoms with Crippen molar-refractivity contribution >= 4 is 44.2 Å². The summed E-state index contributed by atoms with van der Waals surface area (Å²) in [5, 5.41) is 2.55. The number of nitrogens with two attached hydrogens (primary N) is 1. The van der Waals surface area contributed by atoms with Gasteiger partial charge in [0.1, 0.15) is 0 Å². The highest BCUT2D eigenvalue weighted by atomic mass is 14.7. The van der Waals surface area contributed by atoms with E-state index in [0.29, 0.717) is 0 Å². The van der Waals surface area contributed by atoms with Crippen molar-refractivity contribution in [2.45, 2.75) is 94.4 Å². The summed E-state index contributed by atoms with van der Waals surface area (Å²) in [4.78, 5) is 3.68. The highest BCUT2D eigenvalue weighted by Gasteiger charge is 2.16. The Bertz CT molecular complexity index is 1770. The molecule has 0 fully saturated rings. The maximum atomic E-state index is 6.82. The highest BCUT2D eigenvalue weighted by molar-refractivity contribution is 6.08. The van der Waals surface area contributed by atoms with E-state index in [9.17, 15) is 0 Å². The first-order chi connectivity index (χ1) is 20.1. The number of anilines is 1. The second kappa shape index (κ2) is 12.4. The molecule has 4 aromatic rings. The molecule has 0 saturated heterocycles. The molecule has 1 heterocycles. The summed E-state index contributed by atoms with van der Waals surface area (Å²) in [6, 6.07) is 18.0. The molecule has 3 N–H and O–H groups in total. The topological polar surface area (TPSA) is 41.8 Å². The lowest BCUT2D eigenvalue weighted by Crippen LogP contribution is -2.10. The zero-order valence-electron chi connectivity index (χ0n) is 28.4. The minimum absolute atomic E-state index is 0.124. The van der Waals surface area contributed by atoms with Crippen LogP contribution in [-0.4, -0.2) is 4.98 Å². The third kappa shape index (κ3) is 7.07. The molecular formula is C41H52N2. The second-order valence-electron chi connectivity index (χ2n) is 14.3. The molecule has 1 aromatic heterocycles. The van der Waals surface area contributed by atoms with Crippen molar-refractivity contribution in [2.24, 2.45) is 5.41 Å². The van der Waals surface area contributed by atoms with E-state index < -0.39 is 0 Å². The standard InChI is InChI=1S/C41H52N2/c1-12-13-30(34-23-22-33(29(5)39(34)42)27(3)14-16-28(4)40(6,7)8)17-15-26(2)31-18-20-35-36-21-19-32(41(9,10)11)25-38(36)43-37(35)24-31/h14-25,43H,12-13,42H2,1-11H3/b26-15+,27-14+,28-16+,30-17+. The molecule has 0 radical (unpaired) electrons. The minimum Gasteiger partial charge on any atom is -0.398 e. The molecule has 0 bridgehead atoms. The van der Waals surface area contributed by atoms with Gasteiger partial charge in [-0.2, -0.15) is 0 Å². The van der Waals surface area contributed by atoms with E-state index in [0.717, 1.165) is 29.7 Å². The summed E-state index contributed by atoms with van der Waals surface area (Å²) in [7, 11) is 0. The van der Waals surface area contributed by atoms with Gasteiger partial charge in [0.05, 0.1) is 0 Å². The van der Waals surface area contributed by atoms with Crippen LogP contribution in [0.15, 0.2) is 78.4 Å². The average Bonchev–Trinajstić information content (AvgIpc) is 3.31. The molecule has 0 amide bonds. The number of hydrogen-bond acceptors (Lipinski definition) is 1. The second-order valence-corrected chi connectivity index (χ2v) is 14.3. The summed E-state index contributed by atoms with van der Waals surface area (Å²) in [6.07, 6.45) is 11.0.